The van der Waals surface area contributed by atoms with Crippen LogP contribution in [0.3, 0.4) is 0 Å². The second kappa shape index (κ2) is 9.09. The zero-order valence-electron chi connectivity index (χ0n) is 15.1. The summed E-state index contributed by atoms with van der Waals surface area (Å²) in [7, 11) is 3.23. The van der Waals surface area contributed by atoms with Gasteiger partial charge >= 0.3 is 0 Å². The average molecular weight is 384 g/mol. The summed E-state index contributed by atoms with van der Waals surface area (Å²) in [6.45, 7) is 0.440. The van der Waals surface area contributed by atoms with Crippen LogP contribution in [0.4, 0.5) is 0 Å². The van der Waals surface area contributed by atoms with Gasteiger partial charge in [0, 0.05) is 6.54 Å². The van der Waals surface area contributed by atoms with E-state index >= 15 is 0 Å². The minimum atomic E-state index is -0.0857. The molecule has 1 amide bonds. The van der Waals surface area contributed by atoms with Gasteiger partial charge in [0.05, 0.1) is 25.7 Å². The number of carbonyl (C=O) groups excluding carboxylic acids is 1. The second-order valence-corrected chi connectivity index (χ2v) is 6.51. The summed E-state index contributed by atoms with van der Waals surface area (Å²) in [5, 5.41) is 11.6. The van der Waals surface area contributed by atoms with Crippen molar-refractivity contribution >= 4 is 17.7 Å². The summed E-state index contributed by atoms with van der Waals surface area (Å²) >= 11 is 1.32. The van der Waals surface area contributed by atoms with Crippen molar-refractivity contribution < 1.29 is 14.3 Å². The lowest BCUT2D eigenvalue weighted by atomic mass is 10.2. The van der Waals surface area contributed by atoms with E-state index in [2.05, 4.69) is 15.5 Å². The third kappa shape index (κ3) is 4.79. The molecule has 0 saturated carbocycles. The van der Waals surface area contributed by atoms with Crippen LogP contribution in [0.1, 0.15) is 5.56 Å². The highest BCUT2D eigenvalue weighted by molar-refractivity contribution is 7.99. The number of thioether (sulfide) groups is 1. The van der Waals surface area contributed by atoms with Gasteiger partial charge in [-0.2, -0.15) is 0 Å². The number of nitrogens with one attached hydrogen (secondary N) is 1. The highest BCUT2D eigenvalue weighted by atomic mass is 32.2. The average Bonchev–Trinajstić information content (AvgIpc) is 3.19. The molecule has 0 aliphatic heterocycles. The van der Waals surface area contributed by atoms with Gasteiger partial charge < -0.3 is 14.8 Å². The standard InChI is InChI=1S/C19H20N4O3S/c1-25-15-7-5-6-14(10-15)11-20-18(24)12-27-19-22-21-13-23(19)16-8-3-4-9-17(16)26-2/h3-10,13H,11-12H2,1-2H3,(H,20,24). The normalized spacial score (nSPS) is 10.4. The number of methoxy groups -OCH3 is 2. The lowest BCUT2D eigenvalue weighted by Gasteiger charge is -2.10. The number of aromatic nitrogens is 3. The second-order valence-electron chi connectivity index (χ2n) is 5.57. The van der Waals surface area contributed by atoms with Crippen molar-refractivity contribution in [2.45, 2.75) is 11.7 Å². The molecule has 3 rings (SSSR count). The van der Waals surface area contributed by atoms with Gasteiger partial charge in [0.25, 0.3) is 0 Å². The maximum Gasteiger partial charge on any atom is 0.230 e. The number of amides is 1. The molecular formula is C19H20N4O3S. The van der Waals surface area contributed by atoms with Gasteiger partial charge in [0.2, 0.25) is 5.91 Å². The molecule has 0 aliphatic carbocycles. The number of nitrogens with zero attached hydrogens (tertiary/aromatic N) is 3. The van der Waals surface area contributed by atoms with E-state index < -0.39 is 0 Å². The lowest BCUT2D eigenvalue weighted by molar-refractivity contribution is -0.118. The smallest absolute Gasteiger partial charge is 0.230 e. The molecule has 1 heterocycles. The maximum absolute atomic E-state index is 12.2. The highest BCUT2D eigenvalue weighted by Crippen LogP contribution is 2.26. The fraction of sp³-hybridized carbons (Fsp3) is 0.211. The minimum absolute atomic E-state index is 0.0857. The number of hydrogen-bond donors (Lipinski definition) is 1. The zero-order chi connectivity index (χ0) is 19.1. The first-order valence-corrected chi connectivity index (χ1v) is 9.25. The largest absolute Gasteiger partial charge is 0.497 e. The Labute approximate surface area is 161 Å². The maximum atomic E-state index is 12.2. The van der Waals surface area contributed by atoms with Crippen LogP contribution in [0.5, 0.6) is 11.5 Å². The molecule has 1 aromatic heterocycles. The molecule has 7 nitrogen and oxygen atoms in total. The van der Waals surface area contributed by atoms with Gasteiger partial charge in [-0.3, -0.25) is 9.36 Å². The molecule has 27 heavy (non-hydrogen) atoms. The summed E-state index contributed by atoms with van der Waals surface area (Å²) < 4.78 is 12.4. The molecule has 2 aromatic carbocycles. The van der Waals surface area contributed by atoms with Crippen molar-refractivity contribution in [3.63, 3.8) is 0 Å². The molecule has 1 N–H and O–H groups in total. The summed E-state index contributed by atoms with van der Waals surface area (Å²) in [6.07, 6.45) is 1.61. The van der Waals surface area contributed by atoms with Gasteiger partial charge in [-0.15, -0.1) is 10.2 Å². The number of benzene rings is 2. The zero-order valence-corrected chi connectivity index (χ0v) is 15.9. The van der Waals surface area contributed by atoms with Gasteiger partial charge in [-0.1, -0.05) is 36.0 Å². The summed E-state index contributed by atoms with van der Waals surface area (Å²) in [6, 6.07) is 15.2. The van der Waals surface area contributed by atoms with Gasteiger partial charge in [0.15, 0.2) is 5.16 Å². The number of carbonyl (C=O) groups is 1. The third-order valence-corrected chi connectivity index (χ3v) is 4.76. The monoisotopic (exact) mass is 384 g/mol. The van der Waals surface area contributed by atoms with Gasteiger partial charge in [0.1, 0.15) is 17.8 Å². The predicted octanol–water partition coefficient (Wildman–Crippen LogP) is 2.69. The lowest BCUT2D eigenvalue weighted by Crippen LogP contribution is -2.24. The minimum Gasteiger partial charge on any atom is -0.497 e. The molecule has 0 radical (unpaired) electrons. The molecular weight excluding hydrogens is 364 g/mol. The van der Waals surface area contributed by atoms with Crippen molar-refractivity contribution in [3.05, 3.63) is 60.4 Å². The molecule has 0 spiro atoms. The molecule has 0 saturated heterocycles. The number of hydrogen-bond acceptors (Lipinski definition) is 6. The van der Waals surface area contributed by atoms with Crippen molar-refractivity contribution in [1.82, 2.24) is 20.1 Å². The summed E-state index contributed by atoms with van der Waals surface area (Å²) in [5.41, 5.74) is 1.80. The molecule has 0 aliphatic rings. The Hall–Kier alpha value is -3.00. The Balaban J connectivity index is 1.59. The third-order valence-electron chi connectivity index (χ3n) is 3.82. The molecule has 0 bridgehead atoms. The van der Waals surface area contributed by atoms with E-state index in [0.29, 0.717) is 17.5 Å². The first-order chi connectivity index (χ1) is 13.2. The van der Waals surface area contributed by atoms with Crippen molar-refractivity contribution in [3.8, 4) is 17.2 Å². The van der Waals surface area contributed by atoms with Crippen molar-refractivity contribution in [2.24, 2.45) is 0 Å². The first-order valence-electron chi connectivity index (χ1n) is 8.27. The Bertz CT molecular complexity index is 913. The van der Waals surface area contributed by atoms with Crippen LogP contribution in [0.2, 0.25) is 0 Å². The van der Waals surface area contributed by atoms with Gasteiger partial charge in [-0.25, -0.2) is 0 Å². The SMILES string of the molecule is COc1cccc(CNC(=O)CSc2nncn2-c2ccccc2OC)c1. The van der Waals surface area contributed by atoms with Crippen molar-refractivity contribution in [2.75, 3.05) is 20.0 Å². The van der Waals surface area contributed by atoms with Crippen LogP contribution in [-0.4, -0.2) is 40.6 Å². The summed E-state index contributed by atoms with van der Waals surface area (Å²) in [4.78, 5) is 12.2. The van der Waals surface area contributed by atoms with Crippen LogP contribution >= 0.6 is 11.8 Å². The molecule has 0 atom stereocenters. The van der Waals surface area contributed by atoms with Crippen molar-refractivity contribution in [1.29, 1.82) is 0 Å². The van der Waals surface area contributed by atoms with Crippen LogP contribution in [0, 0.1) is 0 Å². The molecule has 0 fully saturated rings. The molecule has 0 unspecified atom stereocenters. The van der Waals surface area contributed by atoms with Crippen LogP contribution in [0.15, 0.2) is 60.0 Å². The van der Waals surface area contributed by atoms with E-state index in [9.17, 15) is 4.79 Å². The Morgan fingerprint density at radius 3 is 2.81 bits per heavy atom. The molecule has 8 heteroatoms. The predicted molar refractivity (Wildman–Crippen MR) is 103 cm³/mol. The van der Waals surface area contributed by atoms with E-state index in [1.807, 2.05) is 48.5 Å². The topological polar surface area (TPSA) is 78.3 Å². The van der Waals surface area contributed by atoms with Gasteiger partial charge in [-0.05, 0) is 29.8 Å². The fourth-order valence-corrected chi connectivity index (χ4v) is 3.23. The fourth-order valence-electron chi connectivity index (χ4n) is 2.48. The van der Waals surface area contributed by atoms with E-state index in [1.54, 1.807) is 25.1 Å². The van der Waals surface area contributed by atoms with E-state index in [-0.39, 0.29) is 11.7 Å². The quantitative estimate of drug-likeness (QED) is 0.602. The number of ether oxygens (including phenoxy) is 2. The Morgan fingerprint density at radius 1 is 1.15 bits per heavy atom. The first kappa shape index (κ1) is 18.8. The van der Waals surface area contributed by atoms with Crippen LogP contribution in [-0.2, 0) is 11.3 Å². The molecule has 3 aromatic rings. The number of para-hydroxylation sites is 2. The number of rotatable bonds is 8. The molecule has 140 valence electrons. The summed E-state index contributed by atoms with van der Waals surface area (Å²) in [5.74, 6) is 1.62. The highest BCUT2D eigenvalue weighted by Gasteiger charge is 2.13. The van der Waals surface area contributed by atoms with Crippen LogP contribution < -0.4 is 14.8 Å². The van der Waals surface area contributed by atoms with Crippen LogP contribution in [0.25, 0.3) is 5.69 Å². The van der Waals surface area contributed by atoms with E-state index in [0.717, 1.165) is 17.0 Å². The Morgan fingerprint density at radius 2 is 2.00 bits per heavy atom. The van der Waals surface area contributed by atoms with E-state index in [4.69, 9.17) is 9.47 Å². The van der Waals surface area contributed by atoms with E-state index in [1.165, 1.54) is 11.8 Å². The Kier molecular flexibility index (Phi) is 6.32.